The first-order chi connectivity index (χ1) is 7.81. The molecule has 0 bridgehead atoms. The van der Waals surface area contributed by atoms with E-state index in [1.807, 2.05) is 18.2 Å². The van der Waals surface area contributed by atoms with Crippen molar-refractivity contribution in [2.45, 2.75) is 25.9 Å². The molecule has 0 fully saturated rings. The van der Waals surface area contributed by atoms with Gasteiger partial charge in [0.1, 0.15) is 5.58 Å². The lowest BCUT2D eigenvalue weighted by molar-refractivity contribution is 0.268. The normalized spacial score (nSPS) is 13.1. The van der Waals surface area contributed by atoms with E-state index in [0.717, 1.165) is 23.9 Å². The fourth-order valence-corrected chi connectivity index (χ4v) is 1.75. The quantitative estimate of drug-likeness (QED) is 0.811. The molecule has 0 aliphatic carbocycles. The molecule has 3 heteroatoms. The fraction of sp³-hybridized carbons (Fsp3) is 0.385. The summed E-state index contributed by atoms with van der Waals surface area (Å²) < 4.78 is 5.45. The first-order valence-electron chi connectivity index (χ1n) is 5.60. The van der Waals surface area contributed by atoms with Gasteiger partial charge in [0.25, 0.3) is 0 Å². The Bertz CT molecular complexity index is 450. The Hall–Kier alpha value is -1.32. The first kappa shape index (κ1) is 11.2. The summed E-state index contributed by atoms with van der Waals surface area (Å²) in [7, 11) is 0. The number of rotatable bonds is 5. The van der Waals surface area contributed by atoms with Gasteiger partial charge in [-0.3, -0.25) is 0 Å². The average Bonchev–Trinajstić information content (AvgIpc) is 2.70. The SMILES string of the molecule is CC(CCO)NCc1coc2ccccc12. The summed E-state index contributed by atoms with van der Waals surface area (Å²) in [5, 5.41) is 13.3. The van der Waals surface area contributed by atoms with Crippen molar-refractivity contribution >= 4 is 11.0 Å². The molecule has 1 aromatic carbocycles. The number of hydrogen-bond acceptors (Lipinski definition) is 3. The van der Waals surface area contributed by atoms with E-state index in [1.165, 1.54) is 5.56 Å². The molecule has 0 amide bonds. The van der Waals surface area contributed by atoms with Gasteiger partial charge in [-0.1, -0.05) is 18.2 Å². The van der Waals surface area contributed by atoms with Crippen LogP contribution in [0.5, 0.6) is 0 Å². The lowest BCUT2D eigenvalue weighted by atomic mass is 10.1. The van der Waals surface area contributed by atoms with Crippen molar-refractivity contribution in [2.75, 3.05) is 6.61 Å². The van der Waals surface area contributed by atoms with Gasteiger partial charge in [0.2, 0.25) is 0 Å². The largest absolute Gasteiger partial charge is 0.464 e. The van der Waals surface area contributed by atoms with Gasteiger partial charge in [0, 0.05) is 30.1 Å². The molecular formula is C13H17NO2. The van der Waals surface area contributed by atoms with Crippen LogP contribution in [0, 0.1) is 0 Å². The Morgan fingerprint density at radius 3 is 3.00 bits per heavy atom. The van der Waals surface area contributed by atoms with E-state index in [1.54, 1.807) is 6.26 Å². The summed E-state index contributed by atoms with van der Waals surface area (Å²) in [6.07, 6.45) is 2.57. The van der Waals surface area contributed by atoms with E-state index in [0.29, 0.717) is 6.04 Å². The molecule has 0 spiro atoms. The van der Waals surface area contributed by atoms with E-state index in [2.05, 4.69) is 18.3 Å². The number of benzene rings is 1. The fourth-order valence-electron chi connectivity index (χ4n) is 1.75. The average molecular weight is 219 g/mol. The summed E-state index contributed by atoms with van der Waals surface area (Å²) in [4.78, 5) is 0. The molecular weight excluding hydrogens is 202 g/mol. The van der Waals surface area contributed by atoms with Crippen LogP contribution in [0.3, 0.4) is 0 Å². The van der Waals surface area contributed by atoms with Crippen molar-refractivity contribution in [3.05, 3.63) is 36.1 Å². The van der Waals surface area contributed by atoms with Crippen LogP contribution in [-0.2, 0) is 6.54 Å². The van der Waals surface area contributed by atoms with Crippen LogP contribution in [0.25, 0.3) is 11.0 Å². The summed E-state index contributed by atoms with van der Waals surface area (Å²) in [5.41, 5.74) is 2.09. The predicted octanol–water partition coefficient (Wildman–Crippen LogP) is 2.29. The lowest BCUT2D eigenvalue weighted by Gasteiger charge is -2.11. The first-order valence-corrected chi connectivity index (χ1v) is 5.60. The number of aliphatic hydroxyl groups excluding tert-OH is 1. The van der Waals surface area contributed by atoms with Gasteiger partial charge in [-0.2, -0.15) is 0 Å². The summed E-state index contributed by atoms with van der Waals surface area (Å²) in [6, 6.07) is 8.33. The van der Waals surface area contributed by atoms with Crippen molar-refractivity contribution in [3.63, 3.8) is 0 Å². The molecule has 16 heavy (non-hydrogen) atoms. The highest BCUT2D eigenvalue weighted by Gasteiger charge is 2.06. The second kappa shape index (κ2) is 5.14. The van der Waals surface area contributed by atoms with Crippen molar-refractivity contribution in [3.8, 4) is 0 Å². The zero-order valence-corrected chi connectivity index (χ0v) is 9.44. The molecule has 0 saturated heterocycles. The molecule has 1 atom stereocenters. The van der Waals surface area contributed by atoms with E-state index in [-0.39, 0.29) is 6.61 Å². The Labute approximate surface area is 95.1 Å². The zero-order chi connectivity index (χ0) is 11.4. The third-order valence-electron chi connectivity index (χ3n) is 2.76. The molecule has 1 heterocycles. The van der Waals surface area contributed by atoms with Gasteiger partial charge in [-0.15, -0.1) is 0 Å². The highest BCUT2D eigenvalue weighted by molar-refractivity contribution is 5.80. The third-order valence-corrected chi connectivity index (χ3v) is 2.76. The van der Waals surface area contributed by atoms with E-state index >= 15 is 0 Å². The molecule has 3 nitrogen and oxygen atoms in total. The van der Waals surface area contributed by atoms with Gasteiger partial charge in [0.15, 0.2) is 0 Å². The Morgan fingerprint density at radius 2 is 2.19 bits per heavy atom. The minimum atomic E-state index is 0.223. The number of fused-ring (bicyclic) bond motifs is 1. The number of aliphatic hydroxyl groups is 1. The minimum Gasteiger partial charge on any atom is -0.464 e. The summed E-state index contributed by atoms with van der Waals surface area (Å²) in [6.45, 7) is 3.07. The van der Waals surface area contributed by atoms with Crippen LogP contribution in [0.4, 0.5) is 0 Å². The molecule has 2 N–H and O–H groups in total. The topological polar surface area (TPSA) is 45.4 Å². The summed E-state index contributed by atoms with van der Waals surface area (Å²) in [5.74, 6) is 0. The van der Waals surface area contributed by atoms with Gasteiger partial charge in [0.05, 0.1) is 6.26 Å². The second-order valence-corrected chi connectivity index (χ2v) is 4.05. The van der Waals surface area contributed by atoms with Gasteiger partial charge >= 0.3 is 0 Å². The molecule has 1 unspecified atom stereocenters. The van der Waals surface area contributed by atoms with Gasteiger partial charge in [-0.25, -0.2) is 0 Å². The van der Waals surface area contributed by atoms with Crippen LogP contribution in [0.1, 0.15) is 18.9 Å². The van der Waals surface area contributed by atoms with Crippen LogP contribution < -0.4 is 5.32 Å². The van der Waals surface area contributed by atoms with Crippen LogP contribution in [0.15, 0.2) is 34.9 Å². The Kier molecular flexibility index (Phi) is 3.59. The van der Waals surface area contributed by atoms with Crippen LogP contribution in [-0.4, -0.2) is 17.8 Å². The molecule has 2 rings (SSSR count). The third kappa shape index (κ3) is 2.43. The standard InChI is InChI=1S/C13H17NO2/c1-10(6-7-15)14-8-11-9-16-13-5-3-2-4-12(11)13/h2-5,9-10,14-15H,6-8H2,1H3. The van der Waals surface area contributed by atoms with Crippen molar-refractivity contribution < 1.29 is 9.52 Å². The van der Waals surface area contributed by atoms with Crippen molar-refractivity contribution in [1.29, 1.82) is 0 Å². The smallest absolute Gasteiger partial charge is 0.134 e. The van der Waals surface area contributed by atoms with Gasteiger partial charge in [-0.05, 0) is 19.4 Å². The number of para-hydroxylation sites is 1. The Morgan fingerprint density at radius 1 is 1.38 bits per heavy atom. The van der Waals surface area contributed by atoms with E-state index in [9.17, 15) is 0 Å². The van der Waals surface area contributed by atoms with E-state index < -0.39 is 0 Å². The van der Waals surface area contributed by atoms with Crippen molar-refractivity contribution in [2.24, 2.45) is 0 Å². The Balaban J connectivity index is 2.04. The lowest BCUT2D eigenvalue weighted by Crippen LogP contribution is -2.26. The molecule has 0 saturated carbocycles. The molecule has 2 aromatic rings. The van der Waals surface area contributed by atoms with Crippen LogP contribution in [0.2, 0.25) is 0 Å². The maximum absolute atomic E-state index is 8.81. The highest BCUT2D eigenvalue weighted by atomic mass is 16.3. The maximum atomic E-state index is 8.81. The molecule has 0 aliphatic rings. The maximum Gasteiger partial charge on any atom is 0.134 e. The summed E-state index contributed by atoms with van der Waals surface area (Å²) >= 11 is 0. The monoisotopic (exact) mass is 219 g/mol. The zero-order valence-electron chi connectivity index (χ0n) is 9.44. The minimum absolute atomic E-state index is 0.223. The number of nitrogens with one attached hydrogen (secondary N) is 1. The number of furan rings is 1. The predicted molar refractivity (Wildman–Crippen MR) is 64.2 cm³/mol. The molecule has 0 aliphatic heterocycles. The molecule has 1 aromatic heterocycles. The second-order valence-electron chi connectivity index (χ2n) is 4.05. The van der Waals surface area contributed by atoms with Crippen LogP contribution >= 0.6 is 0 Å². The molecule has 86 valence electrons. The number of hydrogen-bond donors (Lipinski definition) is 2. The highest BCUT2D eigenvalue weighted by Crippen LogP contribution is 2.20. The van der Waals surface area contributed by atoms with Gasteiger partial charge < -0.3 is 14.8 Å². The van der Waals surface area contributed by atoms with Crippen molar-refractivity contribution in [1.82, 2.24) is 5.32 Å². The van der Waals surface area contributed by atoms with E-state index in [4.69, 9.17) is 9.52 Å². The molecule has 0 radical (unpaired) electrons.